The molecule has 1 nitrogen and oxygen atoms in total. The summed E-state index contributed by atoms with van der Waals surface area (Å²) in [6.07, 6.45) is 0.814. The molecule has 1 unspecified atom stereocenters. The van der Waals surface area contributed by atoms with Crippen molar-refractivity contribution in [2.24, 2.45) is 0 Å². The highest BCUT2D eigenvalue weighted by molar-refractivity contribution is 8.15. The van der Waals surface area contributed by atoms with Crippen LogP contribution in [-0.2, 0) is 4.79 Å². The van der Waals surface area contributed by atoms with Gasteiger partial charge in [0, 0.05) is 11.7 Å². The van der Waals surface area contributed by atoms with Crippen molar-refractivity contribution in [1.29, 1.82) is 0 Å². The lowest BCUT2D eigenvalue weighted by Gasteiger charge is -2.32. The summed E-state index contributed by atoms with van der Waals surface area (Å²) in [5, 5.41) is 0.193. The second-order valence-electron chi connectivity index (χ2n) is 5.06. The summed E-state index contributed by atoms with van der Waals surface area (Å²) in [5.41, 5.74) is 2.31. The van der Waals surface area contributed by atoms with E-state index in [9.17, 15) is 4.79 Å². The number of hydrogen-bond acceptors (Lipinski definition) is 3. The van der Waals surface area contributed by atoms with Crippen LogP contribution in [0.15, 0.2) is 60.7 Å². The first kappa shape index (κ1) is 13.8. The van der Waals surface area contributed by atoms with Gasteiger partial charge in [0.2, 0.25) is 5.12 Å². The van der Waals surface area contributed by atoms with Gasteiger partial charge in [-0.2, -0.15) is 12.6 Å². The lowest BCUT2D eigenvalue weighted by Crippen LogP contribution is -2.34. The Morgan fingerprint density at radius 1 is 0.950 bits per heavy atom. The van der Waals surface area contributed by atoms with Gasteiger partial charge in [-0.15, -0.1) is 0 Å². The number of carbonyl (C=O) groups is 1. The monoisotopic (exact) mass is 300 g/mol. The van der Waals surface area contributed by atoms with Crippen molar-refractivity contribution < 1.29 is 4.79 Å². The molecule has 0 radical (unpaired) electrons. The highest BCUT2D eigenvalue weighted by Gasteiger charge is 2.47. The number of benzene rings is 2. The van der Waals surface area contributed by atoms with Crippen LogP contribution in [-0.4, -0.2) is 15.6 Å². The van der Waals surface area contributed by atoms with Crippen molar-refractivity contribution in [2.45, 2.75) is 17.1 Å². The molecule has 3 rings (SSSR count). The SMILES string of the molecule is O=C1SCCC1(S)C(c1ccccc1)c1ccccc1. The van der Waals surface area contributed by atoms with E-state index in [1.54, 1.807) is 0 Å². The summed E-state index contributed by atoms with van der Waals surface area (Å²) in [7, 11) is 0. The number of thioether (sulfide) groups is 1. The average Bonchev–Trinajstić information content (AvgIpc) is 2.82. The lowest BCUT2D eigenvalue weighted by atomic mass is 9.79. The first-order valence-corrected chi connectivity index (χ1v) is 8.14. The highest BCUT2D eigenvalue weighted by atomic mass is 32.2. The molecule has 1 saturated heterocycles. The zero-order chi connectivity index (χ0) is 14.0. The number of rotatable bonds is 3. The van der Waals surface area contributed by atoms with Crippen molar-refractivity contribution in [3.05, 3.63) is 71.8 Å². The van der Waals surface area contributed by atoms with Crippen LogP contribution in [0.25, 0.3) is 0 Å². The zero-order valence-electron chi connectivity index (χ0n) is 11.0. The molecule has 1 heterocycles. The minimum atomic E-state index is -0.604. The third kappa shape index (κ3) is 2.40. The van der Waals surface area contributed by atoms with Gasteiger partial charge in [0.15, 0.2) is 0 Å². The fourth-order valence-electron chi connectivity index (χ4n) is 2.82. The van der Waals surface area contributed by atoms with E-state index in [0.717, 1.165) is 23.3 Å². The largest absolute Gasteiger partial charge is 0.286 e. The summed E-state index contributed by atoms with van der Waals surface area (Å²) in [5.74, 6) is 0.870. The van der Waals surface area contributed by atoms with E-state index in [0.29, 0.717) is 0 Å². The number of thiol groups is 1. The van der Waals surface area contributed by atoms with Crippen molar-refractivity contribution in [3.8, 4) is 0 Å². The van der Waals surface area contributed by atoms with Gasteiger partial charge in [0.1, 0.15) is 0 Å². The molecule has 1 aliphatic heterocycles. The molecule has 0 spiro atoms. The molecular formula is C17H16OS2. The molecule has 102 valence electrons. The van der Waals surface area contributed by atoms with E-state index >= 15 is 0 Å². The standard InChI is InChI=1S/C17H16OS2/c18-16-17(19,11-12-20-16)15(13-7-3-1-4-8-13)14-9-5-2-6-10-14/h1-10,15,19H,11-12H2. The van der Waals surface area contributed by atoms with E-state index in [1.165, 1.54) is 11.8 Å². The van der Waals surface area contributed by atoms with Crippen LogP contribution in [0.3, 0.4) is 0 Å². The highest BCUT2D eigenvalue weighted by Crippen LogP contribution is 2.48. The molecule has 0 amide bonds. The van der Waals surface area contributed by atoms with Gasteiger partial charge in [-0.25, -0.2) is 0 Å². The minimum absolute atomic E-state index is 0.00994. The maximum Gasteiger partial charge on any atom is 0.205 e. The second-order valence-corrected chi connectivity index (χ2v) is 6.93. The van der Waals surface area contributed by atoms with Crippen LogP contribution in [0.2, 0.25) is 0 Å². The van der Waals surface area contributed by atoms with E-state index < -0.39 is 4.75 Å². The van der Waals surface area contributed by atoms with Crippen molar-refractivity contribution >= 4 is 29.5 Å². The molecule has 1 aliphatic rings. The van der Waals surface area contributed by atoms with E-state index in [-0.39, 0.29) is 11.0 Å². The van der Waals surface area contributed by atoms with Crippen molar-refractivity contribution in [2.75, 3.05) is 5.75 Å². The molecule has 1 atom stereocenters. The summed E-state index contributed by atoms with van der Waals surface area (Å²) in [6, 6.07) is 20.5. The van der Waals surface area contributed by atoms with Crippen molar-refractivity contribution in [3.63, 3.8) is 0 Å². The van der Waals surface area contributed by atoms with Crippen LogP contribution in [0.5, 0.6) is 0 Å². The molecule has 1 fully saturated rings. The molecule has 0 aromatic heterocycles. The fraction of sp³-hybridized carbons (Fsp3) is 0.235. The van der Waals surface area contributed by atoms with Gasteiger partial charge in [-0.1, -0.05) is 72.4 Å². The third-order valence-electron chi connectivity index (χ3n) is 3.81. The van der Waals surface area contributed by atoms with Crippen LogP contribution in [0, 0.1) is 0 Å². The fourth-order valence-corrected chi connectivity index (χ4v) is 4.66. The molecule has 3 heteroatoms. The molecular weight excluding hydrogens is 284 g/mol. The zero-order valence-corrected chi connectivity index (χ0v) is 12.7. The quantitative estimate of drug-likeness (QED) is 0.858. The van der Waals surface area contributed by atoms with Gasteiger partial charge < -0.3 is 0 Å². The average molecular weight is 300 g/mol. The molecule has 0 N–H and O–H groups in total. The molecule has 2 aromatic rings. The summed E-state index contributed by atoms with van der Waals surface area (Å²) in [6.45, 7) is 0. The van der Waals surface area contributed by atoms with E-state index in [2.05, 4.69) is 24.3 Å². The molecule has 2 aromatic carbocycles. The predicted octanol–water partition coefficient (Wildman–Crippen LogP) is 4.15. The Bertz CT molecular complexity index is 557. The summed E-state index contributed by atoms with van der Waals surface area (Å²) < 4.78 is -0.604. The molecule has 20 heavy (non-hydrogen) atoms. The Kier molecular flexibility index (Phi) is 3.90. The van der Waals surface area contributed by atoms with E-state index in [4.69, 9.17) is 12.6 Å². The van der Waals surface area contributed by atoms with Gasteiger partial charge in [0.25, 0.3) is 0 Å². The molecule has 0 saturated carbocycles. The van der Waals surface area contributed by atoms with Gasteiger partial charge in [-0.05, 0) is 17.5 Å². The maximum absolute atomic E-state index is 12.4. The minimum Gasteiger partial charge on any atom is -0.286 e. The topological polar surface area (TPSA) is 17.1 Å². The van der Waals surface area contributed by atoms with Crippen LogP contribution in [0.1, 0.15) is 23.5 Å². The Morgan fingerprint density at radius 2 is 1.45 bits per heavy atom. The summed E-state index contributed by atoms with van der Waals surface area (Å²) >= 11 is 6.23. The Balaban J connectivity index is 2.12. The van der Waals surface area contributed by atoms with Crippen LogP contribution >= 0.6 is 24.4 Å². The Hall–Kier alpha value is -1.19. The second kappa shape index (κ2) is 5.66. The van der Waals surface area contributed by atoms with Gasteiger partial charge in [0.05, 0.1) is 4.75 Å². The first-order chi connectivity index (χ1) is 9.72. The van der Waals surface area contributed by atoms with E-state index in [1.807, 2.05) is 36.4 Å². The molecule has 0 bridgehead atoms. The number of hydrogen-bond donors (Lipinski definition) is 1. The molecule has 0 aliphatic carbocycles. The normalized spacial score (nSPS) is 22.4. The van der Waals surface area contributed by atoms with Gasteiger partial charge in [-0.3, -0.25) is 4.79 Å². The predicted molar refractivity (Wildman–Crippen MR) is 88.5 cm³/mol. The Morgan fingerprint density at radius 3 is 1.85 bits per heavy atom. The van der Waals surface area contributed by atoms with Crippen LogP contribution in [0.4, 0.5) is 0 Å². The Labute approximate surface area is 129 Å². The third-order valence-corrected chi connectivity index (χ3v) is 5.68. The van der Waals surface area contributed by atoms with Gasteiger partial charge >= 0.3 is 0 Å². The lowest BCUT2D eigenvalue weighted by molar-refractivity contribution is -0.112. The first-order valence-electron chi connectivity index (χ1n) is 6.71. The smallest absolute Gasteiger partial charge is 0.205 e. The van der Waals surface area contributed by atoms with Crippen molar-refractivity contribution in [1.82, 2.24) is 0 Å². The summed E-state index contributed by atoms with van der Waals surface area (Å²) in [4.78, 5) is 12.4. The number of carbonyl (C=O) groups excluding carboxylic acids is 1. The maximum atomic E-state index is 12.4. The van der Waals surface area contributed by atoms with Crippen LogP contribution < -0.4 is 0 Å².